The van der Waals surface area contributed by atoms with Crippen molar-refractivity contribution < 1.29 is 13.9 Å². The van der Waals surface area contributed by atoms with E-state index in [4.69, 9.17) is 32.1 Å². The average Bonchev–Trinajstić information content (AvgIpc) is 3.61. The van der Waals surface area contributed by atoms with Crippen LogP contribution in [0.2, 0.25) is 5.02 Å². The molecular weight excluding hydrogens is 419 g/mol. The van der Waals surface area contributed by atoms with E-state index >= 15 is 0 Å². The highest BCUT2D eigenvalue weighted by molar-refractivity contribution is 6.33. The quantitative estimate of drug-likeness (QED) is 0.396. The predicted molar refractivity (Wildman–Crippen MR) is 119 cm³/mol. The number of methoxy groups -OCH3 is 1. The van der Waals surface area contributed by atoms with Gasteiger partial charge in [0.2, 0.25) is 0 Å². The second-order valence-electron chi connectivity index (χ2n) is 7.63. The van der Waals surface area contributed by atoms with Gasteiger partial charge in [-0.25, -0.2) is 4.39 Å². The molecule has 2 N–H and O–H groups in total. The number of anilines is 1. The number of hydrogen-bond acceptors (Lipinski definition) is 5. The third kappa shape index (κ3) is 4.23. The van der Waals surface area contributed by atoms with E-state index in [1.165, 1.54) is 13.2 Å². The molecule has 1 fully saturated rings. The third-order valence-corrected chi connectivity index (χ3v) is 5.71. The highest BCUT2D eigenvalue weighted by atomic mass is 35.5. The molecular formula is C23H22ClFN4O2. The Labute approximate surface area is 184 Å². The molecule has 160 valence electrons. The van der Waals surface area contributed by atoms with Gasteiger partial charge in [0.05, 0.1) is 18.5 Å². The van der Waals surface area contributed by atoms with Crippen molar-refractivity contribution >= 4 is 40.6 Å². The van der Waals surface area contributed by atoms with E-state index in [1.54, 1.807) is 41.3 Å². The van der Waals surface area contributed by atoms with E-state index in [2.05, 4.69) is 0 Å². The third-order valence-electron chi connectivity index (χ3n) is 5.48. The van der Waals surface area contributed by atoms with Crippen molar-refractivity contribution in [3.05, 3.63) is 64.4 Å². The summed E-state index contributed by atoms with van der Waals surface area (Å²) in [4.78, 5) is 18.1. The standard InChI is InChI=1S/C23H22ClFN4O2/c1-31-20(30)11-9-18-23(27)29(22(26)13-6-7-13)19-10-8-14(24)12-16(19)21(28-18)15-4-2-3-5-17(15)25/h2-5,8,10,12-13,18,26-27H,6-7,9,11H2,1H3. The Morgan fingerprint density at radius 2 is 2.00 bits per heavy atom. The molecule has 0 bridgehead atoms. The minimum absolute atomic E-state index is 0.0549. The van der Waals surface area contributed by atoms with E-state index in [0.717, 1.165) is 12.8 Å². The van der Waals surface area contributed by atoms with Crippen molar-refractivity contribution in [1.82, 2.24) is 0 Å². The van der Waals surface area contributed by atoms with Crippen molar-refractivity contribution in [1.29, 1.82) is 10.8 Å². The van der Waals surface area contributed by atoms with Crippen LogP contribution >= 0.6 is 11.6 Å². The lowest BCUT2D eigenvalue weighted by molar-refractivity contribution is -0.140. The average molecular weight is 441 g/mol. The fraction of sp³-hybridized carbons (Fsp3) is 0.304. The number of ether oxygens (including phenoxy) is 1. The zero-order chi connectivity index (χ0) is 22.1. The van der Waals surface area contributed by atoms with E-state index in [0.29, 0.717) is 27.8 Å². The lowest BCUT2D eigenvalue weighted by Crippen LogP contribution is -2.42. The number of carbonyl (C=O) groups excluding carboxylic acids is 1. The Morgan fingerprint density at radius 3 is 2.68 bits per heavy atom. The minimum atomic E-state index is -0.751. The first kappa shape index (κ1) is 21.2. The summed E-state index contributed by atoms with van der Waals surface area (Å²) < 4.78 is 19.5. The second-order valence-corrected chi connectivity index (χ2v) is 8.07. The summed E-state index contributed by atoms with van der Waals surface area (Å²) in [7, 11) is 1.31. The molecule has 1 unspecified atom stereocenters. The van der Waals surface area contributed by atoms with Crippen molar-refractivity contribution in [3.63, 3.8) is 0 Å². The van der Waals surface area contributed by atoms with Gasteiger partial charge in [-0.2, -0.15) is 0 Å². The highest BCUT2D eigenvalue weighted by Gasteiger charge is 2.38. The molecule has 31 heavy (non-hydrogen) atoms. The fourth-order valence-electron chi connectivity index (χ4n) is 3.68. The maximum Gasteiger partial charge on any atom is 0.305 e. The molecule has 8 heteroatoms. The predicted octanol–water partition coefficient (Wildman–Crippen LogP) is 4.82. The molecule has 0 amide bonds. The van der Waals surface area contributed by atoms with Gasteiger partial charge >= 0.3 is 5.97 Å². The van der Waals surface area contributed by atoms with Gasteiger partial charge in [-0.3, -0.25) is 25.5 Å². The summed E-state index contributed by atoms with van der Waals surface area (Å²) in [6, 6.07) is 10.7. The van der Waals surface area contributed by atoms with E-state index in [9.17, 15) is 9.18 Å². The molecule has 6 nitrogen and oxygen atoms in total. The summed E-state index contributed by atoms with van der Waals surface area (Å²) in [5, 5.41) is 18.0. The Bertz CT molecular complexity index is 1100. The SMILES string of the molecule is COC(=O)CCC1N=C(c2ccccc2F)c2cc(Cl)ccc2N(C(=N)C2CC2)C1=N. The summed E-state index contributed by atoms with van der Waals surface area (Å²) in [6.07, 6.45) is 2.04. The lowest BCUT2D eigenvalue weighted by atomic mass is 9.99. The first-order chi connectivity index (χ1) is 14.9. The van der Waals surface area contributed by atoms with Gasteiger partial charge < -0.3 is 4.74 Å². The lowest BCUT2D eigenvalue weighted by Gasteiger charge is -2.28. The van der Waals surface area contributed by atoms with Gasteiger partial charge in [-0.05, 0) is 49.6 Å². The van der Waals surface area contributed by atoms with Crippen LogP contribution in [0, 0.1) is 22.6 Å². The van der Waals surface area contributed by atoms with Crippen molar-refractivity contribution in [2.75, 3.05) is 12.0 Å². The maximum absolute atomic E-state index is 14.8. The molecule has 0 spiro atoms. The molecule has 2 aromatic carbocycles. The number of benzodiazepines with no additional fused rings is 1. The number of hydrogen-bond donors (Lipinski definition) is 2. The molecule has 1 aliphatic carbocycles. The molecule has 2 aromatic rings. The molecule has 1 heterocycles. The monoisotopic (exact) mass is 440 g/mol. The van der Waals surface area contributed by atoms with Gasteiger partial charge in [-0.15, -0.1) is 0 Å². The number of nitrogens with zero attached hydrogens (tertiary/aromatic N) is 2. The summed E-state index contributed by atoms with van der Waals surface area (Å²) in [5.41, 5.74) is 1.74. The number of nitrogens with one attached hydrogen (secondary N) is 2. The fourth-order valence-corrected chi connectivity index (χ4v) is 3.85. The smallest absolute Gasteiger partial charge is 0.305 e. The summed E-state index contributed by atoms with van der Waals surface area (Å²) >= 11 is 6.28. The van der Waals surface area contributed by atoms with Gasteiger partial charge in [0.25, 0.3) is 0 Å². The van der Waals surface area contributed by atoms with Gasteiger partial charge in [-0.1, -0.05) is 23.7 Å². The molecule has 0 radical (unpaired) electrons. The number of rotatable bonds is 5. The Balaban J connectivity index is 1.89. The highest BCUT2D eigenvalue weighted by Crippen LogP contribution is 2.38. The van der Waals surface area contributed by atoms with Crippen LogP contribution in [0.4, 0.5) is 10.1 Å². The van der Waals surface area contributed by atoms with Crippen LogP contribution in [0.25, 0.3) is 0 Å². The molecule has 1 saturated carbocycles. The number of fused-ring (bicyclic) bond motifs is 1. The number of aliphatic imine (C=N–C) groups is 1. The van der Waals surface area contributed by atoms with Crippen LogP contribution in [-0.4, -0.2) is 36.5 Å². The minimum Gasteiger partial charge on any atom is -0.469 e. The van der Waals surface area contributed by atoms with E-state index in [-0.39, 0.29) is 30.2 Å². The zero-order valence-electron chi connectivity index (χ0n) is 17.0. The zero-order valence-corrected chi connectivity index (χ0v) is 17.7. The molecule has 0 aromatic heterocycles. The number of benzene rings is 2. The molecule has 2 aliphatic rings. The van der Waals surface area contributed by atoms with Crippen LogP contribution in [0.5, 0.6) is 0 Å². The van der Waals surface area contributed by atoms with Crippen LogP contribution in [0.3, 0.4) is 0 Å². The van der Waals surface area contributed by atoms with Crippen LogP contribution in [0.1, 0.15) is 36.8 Å². The summed E-state index contributed by atoms with van der Waals surface area (Å²) in [6.45, 7) is 0. The largest absolute Gasteiger partial charge is 0.469 e. The Hall–Kier alpha value is -3.06. The van der Waals surface area contributed by atoms with Gasteiger partial charge in [0.1, 0.15) is 23.5 Å². The maximum atomic E-state index is 14.8. The number of carbonyl (C=O) groups is 1. The van der Waals surface area contributed by atoms with E-state index < -0.39 is 17.8 Å². The van der Waals surface area contributed by atoms with E-state index in [1.807, 2.05) is 0 Å². The number of halogens is 2. The second kappa shape index (κ2) is 8.59. The first-order valence-corrected chi connectivity index (χ1v) is 10.4. The Morgan fingerprint density at radius 1 is 1.26 bits per heavy atom. The Kier molecular flexibility index (Phi) is 5.87. The summed E-state index contributed by atoms with van der Waals surface area (Å²) in [5.74, 6) is -0.405. The normalized spacial score (nSPS) is 18.2. The van der Waals surface area contributed by atoms with Crippen LogP contribution in [-0.2, 0) is 9.53 Å². The first-order valence-electron chi connectivity index (χ1n) is 10.1. The van der Waals surface area contributed by atoms with Gasteiger partial charge in [0, 0.05) is 28.5 Å². The van der Waals surface area contributed by atoms with Crippen molar-refractivity contribution in [3.8, 4) is 0 Å². The topological polar surface area (TPSA) is 89.6 Å². The van der Waals surface area contributed by atoms with Gasteiger partial charge in [0.15, 0.2) is 0 Å². The van der Waals surface area contributed by atoms with Crippen molar-refractivity contribution in [2.24, 2.45) is 10.9 Å². The van der Waals surface area contributed by atoms with Crippen molar-refractivity contribution in [2.45, 2.75) is 31.7 Å². The number of esters is 1. The molecule has 1 aliphatic heterocycles. The molecule has 1 atom stereocenters. The van der Waals surface area contributed by atoms with Crippen LogP contribution < -0.4 is 4.90 Å². The number of amidine groups is 2. The van der Waals surface area contributed by atoms with Crippen LogP contribution in [0.15, 0.2) is 47.5 Å². The molecule has 4 rings (SSSR count). The molecule has 0 saturated heterocycles.